The van der Waals surface area contributed by atoms with E-state index in [1.165, 1.54) is 0 Å². The van der Waals surface area contributed by atoms with Gasteiger partial charge in [0.25, 0.3) is 0 Å². The van der Waals surface area contributed by atoms with Crippen LogP contribution >= 0.6 is 0 Å². The van der Waals surface area contributed by atoms with Crippen LogP contribution in [0.5, 0.6) is 0 Å². The number of benzene rings is 1. The lowest BCUT2D eigenvalue weighted by atomic mass is 10.3. The van der Waals surface area contributed by atoms with E-state index in [0.29, 0.717) is 0 Å². The van der Waals surface area contributed by atoms with Crippen LogP contribution in [-0.4, -0.2) is 9.55 Å². The van der Waals surface area contributed by atoms with E-state index in [1.807, 2.05) is 54.1 Å². The minimum atomic E-state index is 0.760. The minimum Gasteiger partial charge on any atom is -0.326 e. The Bertz CT molecular complexity index is 471. The molecule has 0 aliphatic carbocycles. The van der Waals surface area contributed by atoms with Gasteiger partial charge in [-0.3, -0.25) is 0 Å². The third-order valence-corrected chi connectivity index (χ3v) is 2.25. The van der Waals surface area contributed by atoms with Crippen molar-refractivity contribution < 1.29 is 0 Å². The van der Waals surface area contributed by atoms with Crippen LogP contribution in [-0.2, 0) is 6.54 Å². The monoisotopic (exact) mass is 213 g/mol. The largest absolute Gasteiger partial charge is 0.326 e. The van der Waals surface area contributed by atoms with Crippen molar-refractivity contribution in [2.45, 2.75) is 13.5 Å². The molecule has 0 radical (unpaired) electrons. The maximum Gasteiger partial charge on any atom is 0.207 e. The molecule has 2 rings (SSSR count). The number of allylic oxidation sites excluding steroid dienone is 1. The van der Waals surface area contributed by atoms with Crippen LogP contribution in [0.4, 0.5) is 11.6 Å². The fraction of sp³-hybridized carbons (Fsp3) is 0.154. The van der Waals surface area contributed by atoms with E-state index in [9.17, 15) is 0 Å². The van der Waals surface area contributed by atoms with Crippen molar-refractivity contribution in [1.82, 2.24) is 9.55 Å². The third-order valence-electron chi connectivity index (χ3n) is 2.25. The SMILES string of the molecule is C=CCn1cc(C)nc1Nc1ccccc1. The van der Waals surface area contributed by atoms with Crippen LogP contribution < -0.4 is 5.32 Å². The highest BCUT2D eigenvalue weighted by Gasteiger charge is 2.03. The van der Waals surface area contributed by atoms with Crippen LogP contribution in [0.25, 0.3) is 0 Å². The van der Waals surface area contributed by atoms with E-state index in [1.54, 1.807) is 0 Å². The van der Waals surface area contributed by atoms with E-state index >= 15 is 0 Å². The number of anilines is 2. The van der Waals surface area contributed by atoms with Crippen molar-refractivity contribution in [2.75, 3.05) is 5.32 Å². The fourth-order valence-corrected chi connectivity index (χ4v) is 1.58. The molecular formula is C13H15N3. The molecule has 0 aliphatic heterocycles. The molecule has 1 aromatic heterocycles. The second-order valence-corrected chi connectivity index (χ2v) is 3.64. The molecule has 0 spiro atoms. The first kappa shape index (κ1) is 10.5. The van der Waals surface area contributed by atoms with Crippen LogP contribution in [0.3, 0.4) is 0 Å². The standard InChI is InChI=1S/C13H15N3/c1-3-9-16-10-11(2)14-13(16)15-12-7-5-4-6-8-12/h3-8,10H,1,9H2,2H3,(H,14,15). The highest BCUT2D eigenvalue weighted by molar-refractivity contribution is 5.53. The van der Waals surface area contributed by atoms with E-state index < -0.39 is 0 Å². The molecule has 0 unspecified atom stereocenters. The van der Waals surface area contributed by atoms with Crippen molar-refractivity contribution in [2.24, 2.45) is 0 Å². The van der Waals surface area contributed by atoms with Gasteiger partial charge < -0.3 is 9.88 Å². The minimum absolute atomic E-state index is 0.760. The number of aryl methyl sites for hydroxylation is 1. The zero-order valence-corrected chi connectivity index (χ0v) is 9.35. The molecular weight excluding hydrogens is 198 g/mol. The molecule has 2 aromatic rings. The first-order chi connectivity index (χ1) is 7.79. The Morgan fingerprint density at radius 1 is 1.38 bits per heavy atom. The molecule has 0 aliphatic rings. The van der Waals surface area contributed by atoms with Gasteiger partial charge >= 0.3 is 0 Å². The molecule has 0 saturated carbocycles. The van der Waals surface area contributed by atoms with Crippen molar-refractivity contribution in [3.63, 3.8) is 0 Å². The predicted octanol–water partition coefficient (Wildman–Crippen LogP) is 3.12. The van der Waals surface area contributed by atoms with Gasteiger partial charge in [0.15, 0.2) is 0 Å². The van der Waals surface area contributed by atoms with Gasteiger partial charge in [0.2, 0.25) is 5.95 Å². The van der Waals surface area contributed by atoms with E-state index in [-0.39, 0.29) is 0 Å². The first-order valence-corrected chi connectivity index (χ1v) is 5.26. The number of imidazole rings is 1. The van der Waals surface area contributed by atoms with E-state index in [2.05, 4.69) is 16.9 Å². The number of nitrogens with one attached hydrogen (secondary N) is 1. The molecule has 1 N–H and O–H groups in total. The molecule has 1 heterocycles. The van der Waals surface area contributed by atoms with E-state index in [4.69, 9.17) is 0 Å². The first-order valence-electron chi connectivity index (χ1n) is 5.26. The molecule has 0 saturated heterocycles. The Balaban J connectivity index is 2.23. The van der Waals surface area contributed by atoms with E-state index in [0.717, 1.165) is 23.9 Å². The van der Waals surface area contributed by atoms with Crippen molar-refractivity contribution in [1.29, 1.82) is 0 Å². The summed E-state index contributed by atoms with van der Waals surface area (Å²) < 4.78 is 2.04. The Kier molecular flexibility index (Phi) is 3.05. The van der Waals surface area contributed by atoms with Crippen LogP contribution in [0, 0.1) is 6.92 Å². The van der Waals surface area contributed by atoms with Crippen LogP contribution in [0.1, 0.15) is 5.69 Å². The quantitative estimate of drug-likeness (QED) is 0.791. The second-order valence-electron chi connectivity index (χ2n) is 3.64. The molecule has 3 heteroatoms. The van der Waals surface area contributed by atoms with Crippen LogP contribution in [0.2, 0.25) is 0 Å². The van der Waals surface area contributed by atoms with Crippen molar-refractivity contribution in [3.05, 3.63) is 54.9 Å². The molecule has 0 atom stereocenters. The summed E-state index contributed by atoms with van der Waals surface area (Å²) in [5.74, 6) is 0.851. The Labute approximate surface area is 95.4 Å². The summed E-state index contributed by atoms with van der Waals surface area (Å²) in [5, 5.41) is 3.28. The van der Waals surface area contributed by atoms with Crippen LogP contribution in [0.15, 0.2) is 49.2 Å². The predicted molar refractivity (Wildman–Crippen MR) is 66.9 cm³/mol. The Morgan fingerprint density at radius 3 is 2.81 bits per heavy atom. The molecule has 0 bridgehead atoms. The number of para-hydroxylation sites is 1. The van der Waals surface area contributed by atoms with Crippen molar-refractivity contribution in [3.8, 4) is 0 Å². The van der Waals surface area contributed by atoms with Gasteiger partial charge in [0.05, 0.1) is 5.69 Å². The fourth-order valence-electron chi connectivity index (χ4n) is 1.58. The number of rotatable bonds is 4. The lowest BCUT2D eigenvalue weighted by Gasteiger charge is -2.07. The smallest absolute Gasteiger partial charge is 0.207 e. The van der Waals surface area contributed by atoms with Crippen molar-refractivity contribution >= 4 is 11.6 Å². The van der Waals surface area contributed by atoms with Gasteiger partial charge in [-0.15, -0.1) is 6.58 Å². The summed E-state index contributed by atoms with van der Waals surface area (Å²) in [7, 11) is 0. The molecule has 3 nitrogen and oxygen atoms in total. The summed E-state index contributed by atoms with van der Waals surface area (Å²) in [5.41, 5.74) is 2.04. The summed E-state index contributed by atoms with van der Waals surface area (Å²) in [6, 6.07) is 10.0. The highest BCUT2D eigenvalue weighted by Crippen LogP contribution is 2.15. The number of aromatic nitrogens is 2. The molecule has 16 heavy (non-hydrogen) atoms. The highest BCUT2D eigenvalue weighted by atomic mass is 15.2. The molecule has 0 fully saturated rings. The maximum atomic E-state index is 4.43. The number of hydrogen-bond donors (Lipinski definition) is 1. The zero-order valence-electron chi connectivity index (χ0n) is 9.35. The molecule has 0 amide bonds. The third kappa shape index (κ3) is 2.31. The van der Waals surface area contributed by atoms with Gasteiger partial charge in [0.1, 0.15) is 0 Å². The lowest BCUT2D eigenvalue weighted by Crippen LogP contribution is -2.01. The number of hydrogen-bond acceptors (Lipinski definition) is 2. The summed E-state index contributed by atoms with van der Waals surface area (Å²) in [6.07, 6.45) is 3.87. The molecule has 82 valence electrons. The normalized spacial score (nSPS) is 10.1. The average Bonchev–Trinajstić information content (AvgIpc) is 2.61. The second kappa shape index (κ2) is 4.66. The van der Waals surface area contributed by atoms with Gasteiger partial charge in [-0.25, -0.2) is 4.98 Å². The summed E-state index contributed by atoms with van der Waals surface area (Å²) >= 11 is 0. The summed E-state index contributed by atoms with van der Waals surface area (Å²) in [6.45, 7) is 6.48. The van der Waals surface area contributed by atoms with Gasteiger partial charge in [-0.05, 0) is 19.1 Å². The van der Waals surface area contributed by atoms with Gasteiger partial charge in [0, 0.05) is 18.4 Å². The topological polar surface area (TPSA) is 29.9 Å². The lowest BCUT2D eigenvalue weighted by molar-refractivity contribution is 0.832. The summed E-state index contributed by atoms with van der Waals surface area (Å²) in [4.78, 5) is 4.43. The van der Waals surface area contributed by atoms with Gasteiger partial charge in [-0.2, -0.15) is 0 Å². The zero-order chi connectivity index (χ0) is 11.4. The average molecular weight is 213 g/mol. The Morgan fingerprint density at radius 2 is 2.12 bits per heavy atom. The molecule has 1 aromatic carbocycles. The number of nitrogens with zero attached hydrogens (tertiary/aromatic N) is 2. The Hall–Kier alpha value is -2.03. The maximum absolute atomic E-state index is 4.43. The van der Waals surface area contributed by atoms with Gasteiger partial charge in [-0.1, -0.05) is 24.3 Å².